The number of methoxy groups -OCH3 is 1. The maximum Gasteiger partial charge on any atom is 0.337 e. The second kappa shape index (κ2) is 6.52. The molecular weight excluding hydrogens is 268 g/mol. The molecule has 0 aliphatic heterocycles. The van der Waals surface area contributed by atoms with Crippen LogP contribution in [0.2, 0.25) is 0 Å². The summed E-state index contributed by atoms with van der Waals surface area (Å²) in [4.78, 5) is 22.1. The summed E-state index contributed by atoms with van der Waals surface area (Å²) in [6.07, 6.45) is 3.76. The van der Waals surface area contributed by atoms with Crippen LogP contribution in [-0.2, 0) is 4.74 Å². The average molecular weight is 282 g/mol. The SMILES string of the molecule is COC(=O)c1ccc(C=Cc2ccc(C(=O)O)cc2)cc1. The maximum atomic E-state index is 11.3. The second-order valence-corrected chi connectivity index (χ2v) is 4.37. The Bertz CT molecular complexity index is 667. The molecule has 0 aliphatic rings. The lowest BCUT2D eigenvalue weighted by molar-refractivity contribution is 0.0600. The van der Waals surface area contributed by atoms with Crippen LogP contribution in [0.4, 0.5) is 0 Å². The molecule has 4 heteroatoms. The molecule has 0 heterocycles. The van der Waals surface area contributed by atoms with Crippen LogP contribution in [0.5, 0.6) is 0 Å². The summed E-state index contributed by atoms with van der Waals surface area (Å²) in [7, 11) is 1.34. The highest BCUT2D eigenvalue weighted by atomic mass is 16.5. The zero-order valence-corrected chi connectivity index (χ0v) is 11.4. The van der Waals surface area contributed by atoms with Crippen molar-refractivity contribution in [3.63, 3.8) is 0 Å². The predicted molar refractivity (Wildman–Crippen MR) is 80.1 cm³/mol. The van der Waals surface area contributed by atoms with E-state index in [9.17, 15) is 9.59 Å². The molecule has 0 amide bonds. The van der Waals surface area contributed by atoms with Gasteiger partial charge in [-0.25, -0.2) is 9.59 Å². The lowest BCUT2D eigenvalue weighted by Crippen LogP contribution is -2.00. The van der Waals surface area contributed by atoms with Gasteiger partial charge in [0, 0.05) is 0 Å². The predicted octanol–water partition coefficient (Wildman–Crippen LogP) is 3.34. The van der Waals surface area contributed by atoms with Gasteiger partial charge in [-0.3, -0.25) is 0 Å². The van der Waals surface area contributed by atoms with Crippen LogP contribution in [-0.4, -0.2) is 24.2 Å². The first kappa shape index (κ1) is 14.5. The fourth-order valence-corrected chi connectivity index (χ4v) is 1.78. The van der Waals surface area contributed by atoms with E-state index < -0.39 is 5.97 Å². The molecule has 0 aliphatic carbocycles. The molecule has 1 N–H and O–H groups in total. The molecule has 0 aromatic heterocycles. The van der Waals surface area contributed by atoms with Gasteiger partial charge in [-0.1, -0.05) is 36.4 Å². The zero-order valence-electron chi connectivity index (χ0n) is 11.4. The first-order valence-corrected chi connectivity index (χ1v) is 6.30. The van der Waals surface area contributed by atoms with E-state index in [0.29, 0.717) is 5.56 Å². The van der Waals surface area contributed by atoms with E-state index in [1.54, 1.807) is 36.4 Å². The van der Waals surface area contributed by atoms with Gasteiger partial charge in [0.15, 0.2) is 0 Å². The van der Waals surface area contributed by atoms with Crippen molar-refractivity contribution in [3.8, 4) is 0 Å². The molecule has 0 bridgehead atoms. The van der Waals surface area contributed by atoms with E-state index in [1.807, 2.05) is 24.3 Å². The number of hydrogen-bond acceptors (Lipinski definition) is 3. The lowest BCUT2D eigenvalue weighted by Gasteiger charge is -2.00. The summed E-state index contributed by atoms with van der Waals surface area (Å²) in [5.74, 6) is -1.31. The monoisotopic (exact) mass is 282 g/mol. The van der Waals surface area contributed by atoms with E-state index in [2.05, 4.69) is 4.74 Å². The summed E-state index contributed by atoms with van der Waals surface area (Å²) in [5, 5.41) is 8.82. The van der Waals surface area contributed by atoms with Crippen LogP contribution >= 0.6 is 0 Å². The molecule has 21 heavy (non-hydrogen) atoms. The van der Waals surface area contributed by atoms with Gasteiger partial charge in [-0.05, 0) is 35.4 Å². The van der Waals surface area contributed by atoms with Crippen LogP contribution in [0, 0.1) is 0 Å². The Morgan fingerprint density at radius 1 is 0.857 bits per heavy atom. The summed E-state index contributed by atoms with van der Waals surface area (Å²) in [6.45, 7) is 0. The molecule has 2 aromatic rings. The van der Waals surface area contributed by atoms with Gasteiger partial charge in [-0.2, -0.15) is 0 Å². The van der Waals surface area contributed by atoms with Crippen LogP contribution in [0.1, 0.15) is 31.8 Å². The van der Waals surface area contributed by atoms with Crippen molar-refractivity contribution in [1.29, 1.82) is 0 Å². The first-order valence-electron chi connectivity index (χ1n) is 6.30. The number of hydrogen-bond donors (Lipinski definition) is 1. The fourth-order valence-electron chi connectivity index (χ4n) is 1.78. The maximum absolute atomic E-state index is 11.3. The highest BCUT2D eigenvalue weighted by Crippen LogP contribution is 2.11. The molecular formula is C17H14O4. The largest absolute Gasteiger partial charge is 0.478 e. The molecule has 0 saturated heterocycles. The number of esters is 1. The molecule has 0 atom stereocenters. The third kappa shape index (κ3) is 3.79. The van der Waals surface area contributed by atoms with Gasteiger partial charge in [0.2, 0.25) is 0 Å². The molecule has 0 fully saturated rings. The van der Waals surface area contributed by atoms with E-state index in [0.717, 1.165) is 11.1 Å². The van der Waals surface area contributed by atoms with Gasteiger partial charge in [0.05, 0.1) is 18.2 Å². The van der Waals surface area contributed by atoms with E-state index in [4.69, 9.17) is 5.11 Å². The van der Waals surface area contributed by atoms with Crippen molar-refractivity contribution in [2.45, 2.75) is 0 Å². The molecule has 0 spiro atoms. The summed E-state index contributed by atoms with van der Waals surface area (Å²) < 4.78 is 4.63. The number of rotatable bonds is 4. The van der Waals surface area contributed by atoms with Crippen LogP contribution in [0.3, 0.4) is 0 Å². The van der Waals surface area contributed by atoms with Crippen LogP contribution in [0.15, 0.2) is 48.5 Å². The summed E-state index contributed by atoms with van der Waals surface area (Å²) in [5.41, 5.74) is 2.59. The van der Waals surface area contributed by atoms with E-state index in [1.165, 1.54) is 7.11 Å². The minimum absolute atomic E-state index is 0.259. The summed E-state index contributed by atoms with van der Waals surface area (Å²) in [6, 6.07) is 13.6. The number of benzene rings is 2. The third-order valence-corrected chi connectivity index (χ3v) is 2.96. The van der Waals surface area contributed by atoms with Crippen LogP contribution in [0.25, 0.3) is 12.2 Å². The topological polar surface area (TPSA) is 63.6 Å². The molecule has 0 saturated carbocycles. The van der Waals surface area contributed by atoms with E-state index in [-0.39, 0.29) is 11.5 Å². The van der Waals surface area contributed by atoms with Crippen molar-refractivity contribution in [3.05, 3.63) is 70.8 Å². The molecule has 4 nitrogen and oxygen atoms in total. The quantitative estimate of drug-likeness (QED) is 0.690. The number of aromatic carboxylic acids is 1. The highest BCUT2D eigenvalue weighted by molar-refractivity contribution is 5.90. The number of carbonyl (C=O) groups excluding carboxylic acids is 1. The van der Waals surface area contributed by atoms with E-state index >= 15 is 0 Å². The fraction of sp³-hybridized carbons (Fsp3) is 0.0588. The van der Waals surface area contributed by atoms with Crippen LogP contribution < -0.4 is 0 Å². The number of carboxylic acids is 1. The van der Waals surface area contributed by atoms with Gasteiger partial charge in [-0.15, -0.1) is 0 Å². The van der Waals surface area contributed by atoms with Crippen molar-refractivity contribution >= 4 is 24.1 Å². The Morgan fingerprint density at radius 3 is 1.67 bits per heavy atom. The minimum atomic E-state index is -0.941. The minimum Gasteiger partial charge on any atom is -0.478 e. The third-order valence-electron chi connectivity index (χ3n) is 2.96. The highest BCUT2D eigenvalue weighted by Gasteiger charge is 2.03. The van der Waals surface area contributed by atoms with Crippen molar-refractivity contribution in [2.75, 3.05) is 7.11 Å². The van der Waals surface area contributed by atoms with Crippen molar-refractivity contribution < 1.29 is 19.4 Å². The Hall–Kier alpha value is -2.88. The van der Waals surface area contributed by atoms with Crippen molar-refractivity contribution in [2.24, 2.45) is 0 Å². The van der Waals surface area contributed by atoms with Gasteiger partial charge >= 0.3 is 11.9 Å². The number of carbonyl (C=O) groups is 2. The van der Waals surface area contributed by atoms with Gasteiger partial charge < -0.3 is 9.84 Å². The Morgan fingerprint density at radius 2 is 1.29 bits per heavy atom. The van der Waals surface area contributed by atoms with Gasteiger partial charge in [0.1, 0.15) is 0 Å². The molecule has 106 valence electrons. The second-order valence-electron chi connectivity index (χ2n) is 4.37. The molecule has 2 rings (SSSR count). The van der Waals surface area contributed by atoms with Gasteiger partial charge in [0.25, 0.3) is 0 Å². The molecule has 2 aromatic carbocycles. The Kier molecular flexibility index (Phi) is 4.51. The van der Waals surface area contributed by atoms with Crippen molar-refractivity contribution in [1.82, 2.24) is 0 Å². The number of ether oxygens (including phenoxy) is 1. The molecule has 0 unspecified atom stereocenters. The Labute approximate surface area is 122 Å². The normalized spacial score (nSPS) is 10.5. The smallest absolute Gasteiger partial charge is 0.337 e. The first-order chi connectivity index (χ1) is 10.1. The zero-order chi connectivity index (χ0) is 15.2. The lowest BCUT2D eigenvalue weighted by atomic mass is 10.1. The number of carboxylic acid groups (broad SMARTS) is 1. The molecule has 0 radical (unpaired) electrons. The standard InChI is InChI=1S/C17H14O4/c1-21-17(20)15-10-6-13(7-11-15)3-2-12-4-8-14(9-5-12)16(18)19/h2-11H,1H3,(H,18,19). The summed E-state index contributed by atoms with van der Waals surface area (Å²) >= 11 is 0. The average Bonchev–Trinajstić information content (AvgIpc) is 2.53. The Balaban J connectivity index is 2.10.